The van der Waals surface area contributed by atoms with Gasteiger partial charge in [0.15, 0.2) is 0 Å². The molecule has 0 saturated carbocycles. The molecule has 0 saturated heterocycles. The standard InChI is InChI=1S/C11H10BrClN4/c1-7-2-3-14-4-8(7)5-15-10-9(12)6-16-11(13)17-10/h2-4,6H,5H2,1H3,(H,15,16,17). The molecule has 0 aromatic carbocycles. The average Bonchev–Trinajstić information content (AvgIpc) is 2.32. The zero-order valence-corrected chi connectivity index (χ0v) is 11.5. The van der Waals surface area contributed by atoms with E-state index in [2.05, 4.69) is 36.2 Å². The molecule has 6 heteroatoms. The SMILES string of the molecule is Cc1ccncc1CNc1nc(Cl)ncc1Br. The first-order valence-electron chi connectivity index (χ1n) is 4.98. The third-order valence-electron chi connectivity index (χ3n) is 2.31. The fourth-order valence-electron chi connectivity index (χ4n) is 1.33. The van der Waals surface area contributed by atoms with Crippen molar-refractivity contribution in [2.24, 2.45) is 0 Å². The molecule has 0 aliphatic heterocycles. The summed E-state index contributed by atoms with van der Waals surface area (Å²) in [5.41, 5.74) is 2.30. The molecular weight excluding hydrogens is 304 g/mol. The second-order valence-corrected chi connectivity index (χ2v) is 4.68. The molecule has 2 aromatic heterocycles. The summed E-state index contributed by atoms with van der Waals surface area (Å²) >= 11 is 9.10. The molecule has 88 valence electrons. The summed E-state index contributed by atoms with van der Waals surface area (Å²) in [4.78, 5) is 12.0. The van der Waals surface area contributed by atoms with Crippen LogP contribution in [0.4, 0.5) is 5.82 Å². The number of halogens is 2. The minimum Gasteiger partial charge on any atom is -0.365 e. The lowest BCUT2D eigenvalue weighted by molar-refractivity contribution is 1.04. The highest BCUT2D eigenvalue weighted by Gasteiger charge is 2.04. The molecule has 0 aliphatic rings. The number of nitrogens with zero attached hydrogens (tertiary/aromatic N) is 3. The lowest BCUT2D eigenvalue weighted by Crippen LogP contribution is -2.04. The summed E-state index contributed by atoms with van der Waals surface area (Å²) in [5, 5.41) is 3.41. The molecule has 0 fully saturated rings. The fourth-order valence-corrected chi connectivity index (χ4v) is 1.79. The van der Waals surface area contributed by atoms with Gasteiger partial charge in [0.1, 0.15) is 5.82 Å². The first kappa shape index (κ1) is 12.3. The summed E-state index contributed by atoms with van der Waals surface area (Å²) < 4.78 is 0.781. The number of rotatable bonds is 3. The maximum Gasteiger partial charge on any atom is 0.224 e. The highest BCUT2D eigenvalue weighted by Crippen LogP contribution is 2.21. The van der Waals surface area contributed by atoms with E-state index < -0.39 is 0 Å². The zero-order chi connectivity index (χ0) is 12.3. The Hall–Kier alpha value is -1.20. The Balaban J connectivity index is 2.12. The van der Waals surface area contributed by atoms with Crippen LogP contribution in [0.1, 0.15) is 11.1 Å². The molecule has 0 unspecified atom stereocenters. The van der Waals surface area contributed by atoms with Crippen LogP contribution in [0.15, 0.2) is 29.1 Å². The van der Waals surface area contributed by atoms with Gasteiger partial charge < -0.3 is 5.32 Å². The number of hydrogen-bond donors (Lipinski definition) is 1. The molecule has 0 amide bonds. The van der Waals surface area contributed by atoms with Crippen molar-refractivity contribution >= 4 is 33.3 Å². The molecule has 2 rings (SSSR count). The van der Waals surface area contributed by atoms with Crippen LogP contribution in [0.25, 0.3) is 0 Å². The lowest BCUT2D eigenvalue weighted by Gasteiger charge is -2.08. The number of pyridine rings is 1. The van der Waals surface area contributed by atoms with Crippen LogP contribution in [0.3, 0.4) is 0 Å². The Morgan fingerprint density at radius 2 is 2.24 bits per heavy atom. The van der Waals surface area contributed by atoms with E-state index in [0.717, 1.165) is 10.0 Å². The van der Waals surface area contributed by atoms with E-state index in [9.17, 15) is 0 Å². The van der Waals surface area contributed by atoms with Crippen LogP contribution in [0.2, 0.25) is 5.28 Å². The van der Waals surface area contributed by atoms with Gasteiger partial charge in [0.2, 0.25) is 5.28 Å². The third kappa shape index (κ3) is 3.14. The van der Waals surface area contributed by atoms with E-state index in [1.165, 1.54) is 5.56 Å². The van der Waals surface area contributed by atoms with Gasteiger partial charge in [0.25, 0.3) is 0 Å². The van der Waals surface area contributed by atoms with E-state index >= 15 is 0 Å². The Kier molecular flexibility index (Phi) is 3.91. The van der Waals surface area contributed by atoms with Crippen LogP contribution < -0.4 is 5.32 Å². The predicted molar refractivity (Wildman–Crippen MR) is 71.0 cm³/mol. The average molecular weight is 314 g/mol. The van der Waals surface area contributed by atoms with Gasteiger partial charge >= 0.3 is 0 Å². The van der Waals surface area contributed by atoms with Crippen LogP contribution in [0, 0.1) is 6.92 Å². The molecule has 4 nitrogen and oxygen atoms in total. The highest BCUT2D eigenvalue weighted by atomic mass is 79.9. The second kappa shape index (κ2) is 5.42. The molecule has 17 heavy (non-hydrogen) atoms. The van der Waals surface area contributed by atoms with Crippen molar-refractivity contribution in [1.82, 2.24) is 15.0 Å². The summed E-state index contributed by atoms with van der Waals surface area (Å²) in [6.07, 6.45) is 5.23. The van der Waals surface area contributed by atoms with Crippen molar-refractivity contribution in [1.29, 1.82) is 0 Å². The van der Waals surface area contributed by atoms with Crippen LogP contribution >= 0.6 is 27.5 Å². The van der Waals surface area contributed by atoms with Crippen LogP contribution in [0.5, 0.6) is 0 Å². The van der Waals surface area contributed by atoms with Crippen molar-refractivity contribution in [2.45, 2.75) is 13.5 Å². The fraction of sp³-hybridized carbons (Fsp3) is 0.182. The summed E-state index contributed by atoms with van der Waals surface area (Å²) in [6.45, 7) is 2.69. The topological polar surface area (TPSA) is 50.7 Å². The normalized spacial score (nSPS) is 10.3. The Morgan fingerprint density at radius 3 is 3.00 bits per heavy atom. The van der Waals surface area contributed by atoms with Crippen molar-refractivity contribution in [3.8, 4) is 0 Å². The van der Waals surface area contributed by atoms with E-state index in [0.29, 0.717) is 12.4 Å². The minimum atomic E-state index is 0.221. The minimum absolute atomic E-state index is 0.221. The van der Waals surface area contributed by atoms with Crippen molar-refractivity contribution in [3.05, 3.63) is 45.5 Å². The van der Waals surface area contributed by atoms with E-state index in [4.69, 9.17) is 11.6 Å². The zero-order valence-electron chi connectivity index (χ0n) is 9.11. The lowest BCUT2D eigenvalue weighted by atomic mass is 10.1. The molecule has 1 N–H and O–H groups in total. The van der Waals surface area contributed by atoms with Crippen molar-refractivity contribution < 1.29 is 0 Å². The second-order valence-electron chi connectivity index (χ2n) is 3.49. The third-order valence-corrected chi connectivity index (χ3v) is 3.07. The monoisotopic (exact) mass is 312 g/mol. The molecule has 0 bridgehead atoms. The Bertz CT molecular complexity index is 533. The van der Waals surface area contributed by atoms with Gasteiger partial charge in [0, 0.05) is 25.1 Å². The maximum atomic E-state index is 5.73. The number of hydrogen-bond acceptors (Lipinski definition) is 4. The smallest absolute Gasteiger partial charge is 0.224 e. The van der Waals surface area contributed by atoms with Crippen molar-refractivity contribution in [2.75, 3.05) is 5.32 Å². The number of aryl methyl sites for hydroxylation is 1. The number of nitrogens with one attached hydrogen (secondary N) is 1. The van der Waals surface area contributed by atoms with Gasteiger partial charge in [-0.2, -0.15) is 4.98 Å². The first-order chi connectivity index (χ1) is 8.16. The molecule has 0 atom stereocenters. The van der Waals surface area contributed by atoms with Gasteiger partial charge in [-0.15, -0.1) is 0 Å². The van der Waals surface area contributed by atoms with E-state index in [1.807, 2.05) is 19.2 Å². The van der Waals surface area contributed by atoms with E-state index in [-0.39, 0.29) is 5.28 Å². The van der Waals surface area contributed by atoms with Gasteiger partial charge in [0.05, 0.1) is 4.47 Å². The predicted octanol–water partition coefficient (Wildman–Crippen LogP) is 3.21. The molecular formula is C11H10BrClN4. The van der Waals surface area contributed by atoms with Crippen LogP contribution in [-0.4, -0.2) is 15.0 Å². The van der Waals surface area contributed by atoms with E-state index in [1.54, 1.807) is 12.4 Å². The largest absolute Gasteiger partial charge is 0.365 e. The van der Waals surface area contributed by atoms with Gasteiger partial charge in [-0.1, -0.05) is 0 Å². The molecule has 2 heterocycles. The van der Waals surface area contributed by atoms with Gasteiger partial charge in [-0.25, -0.2) is 4.98 Å². The molecule has 2 aromatic rings. The van der Waals surface area contributed by atoms with Crippen LogP contribution in [-0.2, 0) is 6.54 Å². The Morgan fingerprint density at radius 1 is 1.41 bits per heavy atom. The summed E-state index contributed by atoms with van der Waals surface area (Å²) in [6, 6.07) is 1.97. The molecule has 0 spiro atoms. The van der Waals surface area contributed by atoms with Crippen molar-refractivity contribution in [3.63, 3.8) is 0 Å². The first-order valence-corrected chi connectivity index (χ1v) is 6.15. The number of aromatic nitrogens is 3. The molecule has 0 radical (unpaired) electrons. The number of anilines is 1. The summed E-state index contributed by atoms with van der Waals surface area (Å²) in [7, 11) is 0. The quantitative estimate of drug-likeness (QED) is 0.884. The highest BCUT2D eigenvalue weighted by molar-refractivity contribution is 9.10. The molecule has 0 aliphatic carbocycles. The maximum absolute atomic E-state index is 5.73. The summed E-state index contributed by atoms with van der Waals surface area (Å²) in [5.74, 6) is 0.674. The van der Waals surface area contributed by atoms with Gasteiger partial charge in [-0.3, -0.25) is 4.98 Å². The Labute approximate surface area is 113 Å². The van der Waals surface area contributed by atoms with Gasteiger partial charge in [-0.05, 0) is 51.6 Å².